The summed E-state index contributed by atoms with van der Waals surface area (Å²) < 4.78 is 27.7. The van der Waals surface area contributed by atoms with E-state index < -0.39 is 10.0 Å². The second-order valence-corrected chi connectivity index (χ2v) is 7.02. The Morgan fingerprint density at radius 1 is 1.16 bits per heavy atom. The first-order chi connectivity index (χ1) is 8.90. The van der Waals surface area contributed by atoms with Gasteiger partial charge in [0.1, 0.15) is 0 Å². The van der Waals surface area contributed by atoms with E-state index >= 15 is 0 Å². The summed E-state index contributed by atoms with van der Waals surface area (Å²) in [5.41, 5.74) is 6.43. The predicted molar refractivity (Wildman–Crippen MR) is 85.8 cm³/mol. The van der Waals surface area contributed by atoms with Gasteiger partial charge < -0.3 is 5.73 Å². The summed E-state index contributed by atoms with van der Waals surface area (Å²) in [6.07, 6.45) is 0. The summed E-state index contributed by atoms with van der Waals surface area (Å²) in [6.45, 7) is 0. The summed E-state index contributed by atoms with van der Waals surface area (Å²) in [5.74, 6) is 0. The van der Waals surface area contributed by atoms with Crippen LogP contribution in [0.2, 0.25) is 5.02 Å². The van der Waals surface area contributed by atoms with Gasteiger partial charge in [-0.15, -0.1) is 0 Å². The molecule has 0 saturated heterocycles. The van der Waals surface area contributed by atoms with E-state index in [9.17, 15) is 8.42 Å². The molecule has 0 unspecified atom stereocenters. The van der Waals surface area contributed by atoms with E-state index in [0.29, 0.717) is 11.4 Å². The van der Waals surface area contributed by atoms with E-state index in [2.05, 4.69) is 27.3 Å². The Morgan fingerprint density at radius 3 is 2.47 bits per heavy atom. The molecule has 2 rings (SSSR count). The normalized spacial score (nSPS) is 11.3. The second kappa shape index (κ2) is 5.56. The summed E-state index contributed by atoms with van der Waals surface area (Å²) in [4.78, 5) is 0.0753. The standard InChI is InChI=1S/C12H10ClIN2O2S/c13-9-7-8(5-6-11(9)15)19(17,18)16-12-4-2-1-3-10(12)14/h1-7,16H,15H2. The molecule has 0 heterocycles. The summed E-state index contributed by atoms with van der Waals surface area (Å²) >= 11 is 7.89. The number of para-hydroxylation sites is 1. The van der Waals surface area contributed by atoms with Gasteiger partial charge in [-0.1, -0.05) is 23.7 Å². The lowest BCUT2D eigenvalue weighted by Gasteiger charge is -2.10. The largest absolute Gasteiger partial charge is 0.398 e. The first-order valence-corrected chi connectivity index (χ1v) is 8.16. The summed E-state index contributed by atoms with van der Waals surface area (Å²) in [7, 11) is -3.67. The van der Waals surface area contributed by atoms with Crippen LogP contribution in [0.15, 0.2) is 47.4 Å². The van der Waals surface area contributed by atoms with Crippen LogP contribution < -0.4 is 10.5 Å². The van der Waals surface area contributed by atoms with Crippen molar-refractivity contribution in [1.82, 2.24) is 0 Å². The minimum atomic E-state index is -3.67. The number of halogens is 2. The van der Waals surface area contributed by atoms with Crippen LogP contribution in [-0.4, -0.2) is 8.42 Å². The number of nitrogens with two attached hydrogens (primary N) is 1. The van der Waals surface area contributed by atoms with E-state index in [1.165, 1.54) is 18.2 Å². The minimum absolute atomic E-state index is 0.0753. The summed E-state index contributed by atoms with van der Waals surface area (Å²) in [5, 5.41) is 0.214. The van der Waals surface area contributed by atoms with E-state index in [1.54, 1.807) is 12.1 Å². The van der Waals surface area contributed by atoms with Gasteiger partial charge in [0.15, 0.2) is 0 Å². The van der Waals surface area contributed by atoms with Crippen molar-refractivity contribution in [3.8, 4) is 0 Å². The number of hydrogen-bond donors (Lipinski definition) is 2. The molecule has 0 saturated carbocycles. The molecule has 2 aromatic carbocycles. The Balaban J connectivity index is 2.38. The molecule has 0 spiro atoms. The van der Waals surface area contributed by atoms with Crippen molar-refractivity contribution in [1.29, 1.82) is 0 Å². The SMILES string of the molecule is Nc1ccc(S(=O)(=O)Nc2ccccc2I)cc1Cl. The van der Waals surface area contributed by atoms with Crippen LogP contribution in [0.3, 0.4) is 0 Å². The van der Waals surface area contributed by atoms with Gasteiger partial charge in [-0.25, -0.2) is 8.42 Å². The Kier molecular flexibility index (Phi) is 4.22. The van der Waals surface area contributed by atoms with Crippen LogP contribution in [0.1, 0.15) is 0 Å². The van der Waals surface area contributed by atoms with Crippen molar-refractivity contribution in [2.75, 3.05) is 10.5 Å². The Labute approximate surface area is 130 Å². The summed E-state index contributed by atoms with van der Waals surface area (Å²) in [6, 6.07) is 11.3. The van der Waals surface area contributed by atoms with Gasteiger partial charge in [0.2, 0.25) is 0 Å². The molecule has 0 atom stereocenters. The lowest BCUT2D eigenvalue weighted by molar-refractivity contribution is 0.601. The molecular weight excluding hydrogens is 399 g/mol. The van der Waals surface area contributed by atoms with Crippen molar-refractivity contribution >= 4 is 55.6 Å². The average Bonchev–Trinajstić information content (AvgIpc) is 2.35. The van der Waals surface area contributed by atoms with Crippen LogP contribution in [0.4, 0.5) is 11.4 Å². The van der Waals surface area contributed by atoms with Crippen molar-refractivity contribution in [3.05, 3.63) is 51.1 Å². The van der Waals surface area contributed by atoms with Crippen molar-refractivity contribution < 1.29 is 8.42 Å². The van der Waals surface area contributed by atoms with E-state index in [4.69, 9.17) is 17.3 Å². The highest BCUT2D eigenvalue weighted by Crippen LogP contribution is 2.25. The number of benzene rings is 2. The molecule has 100 valence electrons. The van der Waals surface area contributed by atoms with Gasteiger partial charge in [-0.2, -0.15) is 0 Å². The van der Waals surface area contributed by atoms with Gasteiger partial charge in [0, 0.05) is 3.57 Å². The fourth-order valence-electron chi connectivity index (χ4n) is 1.42. The van der Waals surface area contributed by atoms with Crippen molar-refractivity contribution in [3.63, 3.8) is 0 Å². The molecule has 7 heteroatoms. The molecule has 0 fully saturated rings. The van der Waals surface area contributed by atoms with Crippen LogP contribution in [0.5, 0.6) is 0 Å². The Hall–Kier alpha value is -0.990. The highest BCUT2D eigenvalue weighted by Gasteiger charge is 2.16. The third-order valence-corrected chi connectivity index (χ3v) is 5.03. The minimum Gasteiger partial charge on any atom is -0.398 e. The molecule has 0 bridgehead atoms. The zero-order valence-corrected chi connectivity index (χ0v) is 13.3. The first-order valence-electron chi connectivity index (χ1n) is 5.22. The van der Waals surface area contributed by atoms with Gasteiger partial charge in [-0.05, 0) is 52.9 Å². The molecule has 0 aromatic heterocycles. The van der Waals surface area contributed by atoms with Crippen LogP contribution in [-0.2, 0) is 10.0 Å². The zero-order valence-electron chi connectivity index (χ0n) is 9.60. The Morgan fingerprint density at radius 2 is 1.84 bits per heavy atom. The third-order valence-electron chi connectivity index (χ3n) is 2.40. The van der Waals surface area contributed by atoms with Crippen LogP contribution >= 0.6 is 34.2 Å². The predicted octanol–water partition coefficient (Wildman–Crippen LogP) is 3.33. The highest BCUT2D eigenvalue weighted by atomic mass is 127. The quantitative estimate of drug-likeness (QED) is 0.604. The first kappa shape index (κ1) is 14.4. The molecule has 0 aliphatic carbocycles. The van der Waals surface area contributed by atoms with E-state index in [0.717, 1.165) is 3.57 Å². The maximum atomic E-state index is 12.2. The number of hydrogen-bond acceptors (Lipinski definition) is 3. The van der Waals surface area contributed by atoms with Crippen LogP contribution in [0.25, 0.3) is 0 Å². The molecule has 0 radical (unpaired) electrons. The van der Waals surface area contributed by atoms with E-state index in [-0.39, 0.29) is 9.92 Å². The topological polar surface area (TPSA) is 72.2 Å². The lowest BCUT2D eigenvalue weighted by atomic mass is 10.3. The average molecular weight is 409 g/mol. The van der Waals surface area contributed by atoms with Crippen molar-refractivity contribution in [2.45, 2.75) is 4.90 Å². The molecule has 19 heavy (non-hydrogen) atoms. The van der Waals surface area contributed by atoms with Crippen molar-refractivity contribution in [2.24, 2.45) is 0 Å². The molecule has 2 aromatic rings. The fraction of sp³-hybridized carbons (Fsp3) is 0. The smallest absolute Gasteiger partial charge is 0.261 e. The number of rotatable bonds is 3. The number of sulfonamides is 1. The second-order valence-electron chi connectivity index (χ2n) is 3.77. The van der Waals surface area contributed by atoms with Gasteiger partial charge in [0.05, 0.1) is 21.3 Å². The molecular formula is C12H10ClIN2O2S. The van der Waals surface area contributed by atoms with Gasteiger partial charge in [-0.3, -0.25) is 4.72 Å². The number of nitrogen functional groups attached to an aromatic ring is 1. The number of anilines is 2. The maximum Gasteiger partial charge on any atom is 0.261 e. The lowest BCUT2D eigenvalue weighted by Crippen LogP contribution is -2.13. The van der Waals surface area contributed by atoms with Crippen LogP contribution in [0, 0.1) is 3.57 Å². The fourth-order valence-corrected chi connectivity index (χ4v) is 3.48. The van der Waals surface area contributed by atoms with E-state index in [1.807, 2.05) is 12.1 Å². The van der Waals surface area contributed by atoms with Gasteiger partial charge in [0.25, 0.3) is 10.0 Å². The number of nitrogens with one attached hydrogen (secondary N) is 1. The Bertz CT molecular complexity index is 719. The van der Waals surface area contributed by atoms with Gasteiger partial charge >= 0.3 is 0 Å². The monoisotopic (exact) mass is 408 g/mol. The molecule has 0 aliphatic heterocycles. The zero-order chi connectivity index (χ0) is 14.0. The highest BCUT2D eigenvalue weighted by molar-refractivity contribution is 14.1. The molecule has 0 aliphatic rings. The third kappa shape index (κ3) is 3.31. The molecule has 3 N–H and O–H groups in total. The maximum absolute atomic E-state index is 12.2. The molecule has 4 nitrogen and oxygen atoms in total. The molecule has 0 amide bonds.